The minimum Gasteiger partial charge on any atom is -0.454 e. The van der Waals surface area contributed by atoms with Gasteiger partial charge in [0.25, 0.3) is 0 Å². The second-order valence-corrected chi connectivity index (χ2v) is 19.0. The molecule has 0 aromatic heterocycles. The SMILES string of the molecule is CCCC/C=C\CCCCCCC(O)C(=O)NC(COC1OC(CO)C(O)C(O)C1OC(=O)CCC/C=C\C/C=C\C/C=C\C/C=C\CCCCC)C(O)/C=C/CCCCCCCCCCCCC. The van der Waals surface area contributed by atoms with Crippen molar-refractivity contribution >= 4 is 11.9 Å². The van der Waals surface area contributed by atoms with Crippen LogP contribution in [0, 0.1) is 0 Å². The molecule has 6 N–H and O–H groups in total. The Balaban J connectivity index is 2.79. The number of hydrogen-bond donors (Lipinski definition) is 6. The van der Waals surface area contributed by atoms with Crippen molar-refractivity contribution in [3.63, 3.8) is 0 Å². The number of carbonyl (C=O) groups excluding carboxylic acids is 2. The summed E-state index contributed by atoms with van der Waals surface area (Å²) in [5.41, 5.74) is 0. The number of aliphatic hydroxyl groups is 5. The maximum absolute atomic E-state index is 13.3. The van der Waals surface area contributed by atoms with E-state index in [1.54, 1.807) is 6.08 Å². The Labute approximate surface area is 420 Å². The van der Waals surface area contributed by atoms with Gasteiger partial charge in [-0.05, 0) is 83.5 Å². The van der Waals surface area contributed by atoms with E-state index in [0.29, 0.717) is 19.3 Å². The molecule has 11 heteroatoms. The number of unbranched alkanes of at least 4 members (excludes halogenated alkanes) is 21. The number of esters is 1. The number of nitrogens with one attached hydrogen (secondary N) is 1. The van der Waals surface area contributed by atoms with Crippen LogP contribution >= 0.6 is 0 Å². The standard InChI is InChI=1S/C58H101NO10/c1-4-7-10-13-16-19-22-24-25-26-27-29-31-34-37-40-43-46-53(63)69-56-55(65)54(64)52(47-60)68-58(56)67-48-49(50(61)44-41-38-35-33-30-28-23-20-17-14-11-8-5-2)59-57(66)51(62)45-42-39-36-32-21-18-15-12-9-6-3/h15-16,18-19,24-25,27,29,34,37,41,44,49-52,54-56,58,60-62,64-65H,4-14,17,20-23,26,28,30-33,35-36,38-40,42-43,45-48H2,1-3H3,(H,59,66)/b18-15-,19-16-,25-24-,29-27-,37-34-,44-41+. The third kappa shape index (κ3) is 35.0. The van der Waals surface area contributed by atoms with E-state index in [-0.39, 0.29) is 19.4 Å². The monoisotopic (exact) mass is 972 g/mol. The number of aliphatic hydroxyl groups excluding tert-OH is 5. The van der Waals surface area contributed by atoms with Crippen LogP contribution in [0.15, 0.2) is 72.9 Å². The number of allylic oxidation sites excluding steroid dienone is 11. The third-order valence-corrected chi connectivity index (χ3v) is 12.6. The molecule has 1 amide bonds. The molecular weight excluding hydrogens is 871 g/mol. The lowest BCUT2D eigenvalue weighted by Gasteiger charge is -2.41. The predicted octanol–water partition coefficient (Wildman–Crippen LogP) is 12.1. The van der Waals surface area contributed by atoms with Crippen LogP contribution in [0.4, 0.5) is 0 Å². The van der Waals surface area contributed by atoms with Crippen molar-refractivity contribution < 1.29 is 49.3 Å². The topological polar surface area (TPSA) is 175 Å². The Hall–Kier alpha value is -2.90. The molecule has 0 aliphatic carbocycles. The summed E-state index contributed by atoms with van der Waals surface area (Å²) in [7, 11) is 0. The van der Waals surface area contributed by atoms with Crippen molar-refractivity contribution in [3.8, 4) is 0 Å². The molecule has 398 valence electrons. The Morgan fingerprint density at radius 3 is 1.58 bits per heavy atom. The van der Waals surface area contributed by atoms with E-state index in [2.05, 4.69) is 74.7 Å². The molecule has 1 saturated heterocycles. The van der Waals surface area contributed by atoms with Gasteiger partial charge in [0.2, 0.25) is 5.91 Å². The smallest absolute Gasteiger partial charge is 0.306 e. The number of carbonyl (C=O) groups is 2. The van der Waals surface area contributed by atoms with E-state index >= 15 is 0 Å². The zero-order valence-electron chi connectivity index (χ0n) is 43.7. The molecule has 0 radical (unpaired) electrons. The number of ether oxygens (including phenoxy) is 3. The highest BCUT2D eigenvalue weighted by molar-refractivity contribution is 5.80. The van der Waals surface area contributed by atoms with Crippen LogP contribution in [0.3, 0.4) is 0 Å². The molecule has 1 heterocycles. The quantitative estimate of drug-likeness (QED) is 0.0196. The molecule has 0 spiro atoms. The number of rotatable bonds is 45. The van der Waals surface area contributed by atoms with E-state index in [0.717, 1.165) is 77.0 Å². The highest BCUT2D eigenvalue weighted by Crippen LogP contribution is 2.26. The minimum absolute atomic E-state index is 0.0444. The van der Waals surface area contributed by atoms with E-state index < -0.39 is 67.4 Å². The Kier molecular flexibility index (Phi) is 42.9. The maximum atomic E-state index is 13.3. The van der Waals surface area contributed by atoms with Gasteiger partial charge in [-0.3, -0.25) is 9.59 Å². The second-order valence-electron chi connectivity index (χ2n) is 19.0. The van der Waals surface area contributed by atoms with Gasteiger partial charge in [-0.25, -0.2) is 0 Å². The molecule has 69 heavy (non-hydrogen) atoms. The van der Waals surface area contributed by atoms with E-state index in [4.69, 9.17) is 14.2 Å². The highest BCUT2D eigenvalue weighted by atomic mass is 16.7. The van der Waals surface area contributed by atoms with Gasteiger partial charge in [-0.15, -0.1) is 0 Å². The van der Waals surface area contributed by atoms with Gasteiger partial charge in [0.1, 0.15) is 24.4 Å². The van der Waals surface area contributed by atoms with Crippen LogP contribution < -0.4 is 5.32 Å². The average Bonchev–Trinajstić information content (AvgIpc) is 3.34. The van der Waals surface area contributed by atoms with Gasteiger partial charge in [0, 0.05) is 6.42 Å². The number of amides is 1. The first-order chi connectivity index (χ1) is 33.7. The lowest BCUT2D eigenvalue weighted by Crippen LogP contribution is -2.61. The maximum Gasteiger partial charge on any atom is 0.306 e. The van der Waals surface area contributed by atoms with E-state index in [1.807, 2.05) is 18.2 Å². The van der Waals surface area contributed by atoms with Gasteiger partial charge in [0.05, 0.1) is 25.4 Å². The van der Waals surface area contributed by atoms with Gasteiger partial charge in [-0.1, -0.05) is 203 Å². The van der Waals surface area contributed by atoms with Crippen LogP contribution in [-0.4, -0.2) is 99.6 Å². The summed E-state index contributed by atoms with van der Waals surface area (Å²) in [6.07, 6.45) is 46.7. The fraction of sp³-hybridized carbons (Fsp3) is 0.759. The molecule has 1 rings (SSSR count). The average molecular weight is 972 g/mol. The summed E-state index contributed by atoms with van der Waals surface area (Å²) in [6.45, 7) is 5.65. The lowest BCUT2D eigenvalue weighted by molar-refractivity contribution is -0.305. The molecular formula is C58H101NO10. The molecule has 1 fully saturated rings. The van der Waals surface area contributed by atoms with Crippen molar-refractivity contribution in [3.05, 3.63) is 72.9 Å². The molecule has 0 saturated carbocycles. The zero-order valence-corrected chi connectivity index (χ0v) is 43.7. The third-order valence-electron chi connectivity index (χ3n) is 12.6. The van der Waals surface area contributed by atoms with Crippen molar-refractivity contribution in [2.45, 2.75) is 269 Å². The van der Waals surface area contributed by atoms with Crippen molar-refractivity contribution in [1.82, 2.24) is 5.32 Å². The van der Waals surface area contributed by atoms with Crippen molar-refractivity contribution in [2.24, 2.45) is 0 Å². The molecule has 11 nitrogen and oxygen atoms in total. The first-order valence-electron chi connectivity index (χ1n) is 27.7. The summed E-state index contributed by atoms with van der Waals surface area (Å²) in [5.74, 6) is -1.27. The zero-order chi connectivity index (χ0) is 50.4. The molecule has 0 aromatic rings. The predicted molar refractivity (Wildman–Crippen MR) is 283 cm³/mol. The summed E-state index contributed by atoms with van der Waals surface area (Å²) in [5, 5.41) is 56.6. The lowest BCUT2D eigenvalue weighted by atomic mass is 9.99. The van der Waals surface area contributed by atoms with Crippen LogP contribution in [0.5, 0.6) is 0 Å². The molecule has 1 aliphatic heterocycles. The summed E-state index contributed by atoms with van der Waals surface area (Å²) in [6, 6.07) is -1.04. The molecule has 0 aromatic carbocycles. The van der Waals surface area contributed by atoms with Crippen molar-refractivity contribution in [2.75, 3.05) is 13.2 Å². The van der Waals surface area contributed by atoms with Crippen LogP contribution in [0.2, 0.25) is 0 Å². The first kappa shape index (κ1) is 64.1. The summed E-state index contributed by atoms with van der Waals surface area (Å²) >= 11 is 0. The van der Waals surface area contributed by atoms with Crippen molar-refractivity contribution in [1.29, 1.82) is 0 Å². The van der Waals surface area contributed by atoms with Crippen LogP contribution in [-0.2, 0) is 23.8 Å². The Morgan fingerprint density at radius 2 is 1.01 bits per heavy atom. The van der Waals surface area contributed by atoms with Gasteiger partial charge in [0.15, 0.2) is 12.4 Å². The molecule has 0 bridgehead atoms. The van der Waals surface area contributed by atoms with E-state index in [9.17, 15) is 35.1 Å². The Morgan fingerprint density at radius 1 is 0.565 bits per heavy atom. The largest absolute Gasteiger partial charge is 0.454 e. The fourth-order valence-corrected chi connectivity index (χ4v) is 8.09. The molecule has 8 atom stereocenters. The molecule has 1 aliphatic rings. The van der Waals surface area contributed by atoms with Gasteiger partial charge in [-0.2, -0.15) is 0 Å². The van der Waals surface area contributed by atoms with Crippen LogP contribution in [0.1, 0.15) is 220 Å². The minimum atomic E-state index is -1.64. The highest BCUT2D eigenvalue weighted by Gasteiger charge is 2.47. The first-order valence-corrected chi connectivity index (χ1v) is 27.7. The fourth-order valence-electron chi connectivity index (χ4n) is 8.09. The summed E-state index contributed by atoms with van der Waals surface area (Å²) in [4.78, 5) is 26.3. The number of hydrogen-bond acceptors (Lipinski definition) is 10. The van der Waals surface area contributed by atoms with Gasteiger partial charge < -0.3 is 45.1 Å². The van der Waals surface area contributed by atoms with Gasteiger partial charge >= 0.3 is 5.97 Å². The normalized spacial score (nSPS) is 20.4. The Bertz CT molecular complexity index is 1390. The summed E-state index contributed by atoms with van der Waals surface area (Å²) < 4.78 is 17.5. The van der Waals surface area contributed by atoms with Crippen LogP contribution in [0.25, 0.3) is 0 Å². The van der Waals surface area contributed by atoms with E-state index in [1.165, 1.54) is 89.9 Å². The molecule has 8 unspecified atom stereocenters. The second kappa shape index (κ2) is 46.2.